The lowest BCUT2D eigenvalue weighted by atomic mass is 9.96. The molecule has 5 nitrogen and oxygen atoms in total. The molecule has 0 aromatic heterocycles. The summed E-state index contributed by atoms with van der Waals surface area (Å²) in [4.78, 5) is 11.5. The van der Waals surface area contributed by atoms with E-state index in [0.717, 1.165) is 23.2 Å². The van der Waals surface area contributed by atoms with Crippen molar-refractivity contribution >= 4 is 18.4 Å². The van der Waals surface area contributed by atoms with Crippen molar-refractivity contribution in [1.29, 1.82) is 0 Å². The molecule has 0 heterocycles. The molecule has 0 saturated carbocycles. The molecule has 2 atom stereocenters. The summed E-state index contributed by atoms with van der Waals surface area (Å²) in [6.45, 7) is 7.15. The summed E-state index contributed by atoms with van der Waals surface area (Å²) in [6, 6.07) is 23.1. The molecule has 33 heavy (non-hydrogen) atoms. The molecule has 0 aliphatic heterocycles. The highest BCUT2D eigenvalue weighted by Gasteiger charge is 2.14. The van der Waals surface area contributed by atoms with Crippen LogP contribution in [0.3, 0.4) is 0 Å². The Morgan fingerprint density at radius 3 is 2.12 bits per heavy atom. The van der Waals surface area contributed by atoms with Crippen molar-refractivity contribution in [2.75, 3.05) is 13.1 Å². The van der Waals surface area contributed by atoms with E-state index in [0.29, 0.717) is 12.3 Å². The number of nitrogens with one attached hydrogen (secondary N) is 1. The van der Waals surface area contributed by atoms with Crippen LogP contribution < -0.4 is 10.1 Å². The number of carboxylic acid groups (broad SMARTS) is 1. The van der Waals surface area contributed by atoms with E-state index < -0.39 is 12.1 Å². The lowest BCUT2D eigenvalue weighted by molar-refractivity contribution is 0.0690. The first-order chi connectivity index (χ1) is 15.3. The zero-order valence-corrected chi connectivity index (χ0v) is 20.0. The molecule has 3 rings (SSSR count). The number of carbonyl (C=O) groups is 1. The fourth-order valence-corrected chi connectivity index (χ4v) is 3.58. The molecule has 0 saturated heterocycles. The molecule has 3 N–H and O–H groups in total. The van der Waals surface area contributed by atoms with Gasteiger partial charge in [0.1, 0.15) is 11.3 Å². The first kappa shape index (κ1) is 26.4. The van der Waals surface area contributed by atoms with Crippen LogP contribution in [-0.4, -0.2) is 35.4 Å². The van der Waals surface area contributed by atoms with Crippen LogP contribution in [0.25, 0.3) is 11.1 Å². The Morgan fingerprint density at radius 2 is 1.52 bits per heavy atom. The van der Waals surface area contributed by atoms with Crippen LogP contribution in [0.1, 0.15) is 54.3 Å². The third-order valence-corrected chi connectivity index (χ3v) is 5.36. The summed E-state index contributed by atoms with van der Waals surface area (Å²) in [5.74, 6) is -0.342. The minimum Gasteiger partial charge on any atom is -0.490 e. The number of hydrogen-bond donors (Lipinski definition) is 3. The maximum absolute atomic E-state index is 11.5. The van der Waals surface area contributed by atoms with Crippen LogP contribution >= 0.6 is 12.4 Å². The van der Waals surface area contributed by atoms with Crippen molar-refractivity contribution < 1.29 is 19.7 Å². The SMILES string of the molecule is CC(C)Oc1cc(-c2ccc(C(C)CNC[C@H](O)c3ccccc3)cc2)ccc1C(=O)O.Cl. The average Bonchev–Trinajstić information content (AvgIpc) is 2.79. The molecule has 6 heteroatoms. The van der Waals surface area contributed by atoms with Crippen LogP contribution in [0.15, 0.2) is 72.8 Å². The van der Waals surface area contributed by atoms with Gasteiger partial charge >= 0.3 is 5.97 Å². The Labute approximate surface area is 201 Å². The summed E-state index contributed by atoms with van der Waals surface area (Å²) in [5.41, 5.74) is 4.17. The number of benzene rings is 3. The van der Waals surface area contributed by atoms with Crippen molar-refractivity contribution in [3.63, 3.8) is 0 Å². The second kappa shape index (κ2) is 12.4. The predicted octanol–water partition coefficient (Wildman–Crippen LogP) is 5.69. The van der Waals surface area contributed by atoms with E-state index in [1.54, 1.807) is 12.1 Å². The van der Waals surface area contributed by atoms with E-state index in [-0.39, 0.29) is 30.0 Å². The summed E-state index contributed by atoms with van der Waals surface area (Å²) < 4.78 is 5.72. The van der Waals surface area contributed by atoms with Gasteiger partial charge in [-0.3, -0.25) is 0 Å². The van der Waals surface area contributed by atoms with Gasteiger partial charge < -0.3 is 20.3 Å². The van der Waals surface area contributed by atoms with Gasteiger partial charge in [-0.2, -0.15) is 0 Å². The van der Waals surface area contributed by atoms with Gasteiger partial charge in [0.05, 0.1) is 12.2 Å². The quantitative estimate of drug-likeness (QED) is 0.355. The number of aliphatic hydroxyl groups excluding tert-OH is 1. The molecule has 0 amide bonds. The second-order valence-corrected chi connectivity index (χ2v) is 8.29. The van der Waals surface area contributed by atoms with E-state index >= 15 is 0 Å². The number of carboxylic acids is 1. The number of hydrogen-bond acceptors (Lipinski definition) is 4. The minimum absolute atomic E-state index is 0. The Hall–Kier alpha value is -2.86. The molecule has 0 radical (unpaired) electrons. The largest absolute Gasteiger partial charge is 0.490 e. The predicted molar refractivity (Wildman–Crippen MR) is 135 cm³/mol. The van der Waals surface area contributed by atoms with Crippen LogP contribution in [0.4, 0.5) is 0 Å². The molecule has 3 aromatic carbocycles. The minimum atomic E-state index is -0.999. The summed E-state index contributed by atoms with van der Waals surface area (Å²) in [6.07, 6.45) is -0.638. The molecule has 0 spiro atoms. The molecule has 0 bridgehead atoms. The number of halogens is 1. The fourth-order valence-electron chi connectivity index (χ4n) is 3.58. The highest BCUT2D eigenvalue weighted by Crippen LogP contribution is 2.29. The average molecular weight is 470 g/mol. The Kier molecular flexibility index (Phi) is 9.92. The van der Waals surface area contributed by atoms with Gasteiger partial charge in [-0.25, -0.2) is 4.79 Å². The standard InChI is InChI=1S/C27H31NO4.ClH/c1-18(2)32-26-15-23(13-14-24(26)27(30)31)21-11-9-20(10-12-21)19(3)16-28-17-25(29)22-7-5-4-6-8-22;/h4-15,18-19,25,28-29H,16-17H2,1-3H3,(H,30,31);1H/t19?,25-;/m0./s1. The number of rotatable bonds is 10. The van der Waals surface area contributed by atoms with Crippen molar-refractivity contribution in [3.05, 3.63) is 89.5 Å². The number of ether oxygens (including phenoxy) is 1. The van der Waals surface area contributed by atoms with Crippen molar-refractivity contribution in [2.24, 2.45) is 0 Å². The van der Waals surface area contributed by atoms with Gasteiger partial charge in [0.15, 0.2) is 0 Å². The monoisotopic (exact) mass is 469 g/mol. The fraction of sp³-hybridized carbons (Fsp3) is 0.296. The van der Waals surface area contributed by atoms with Gasteiger partial charge in [0.25, 0.3) is 0 Å². The third kappa shape index (κ3) is 7.32. The van der Waals surface area contributed by atoms with Gasteiger partial charge in [0.2, 0.25) is 0 Å². The van der Waals surface area contributed by atoms with Crippen molar-refractivity contribution in [1.82, 2.24) is 5.32 Å². The van der Waals surface area contributed by atoms with Gasteiger partial charge in [-0.1, -0.05) is 67.6 Å². The van der Waals surface area contributed by atoms with Crippen LogP contribution in [0.2, 0.25) is 0 Å². The molecular weight excluding hydrogens is 438 g/mol. The van der Waals surface area contributed by atoms with E-state index in [1.807, 2.05) is 62.4 Å². The molecule has 3 aromatic rings. The maximum Gasteiger partial charge on any atom is 0.339 e. The molecule has 0 aliphatic rings. The smallest absolute Gasteiger partial charge is 0.339 e. The summed E-state index contributed by atoms with van der Waals surface area (Å²) in [7, 11) is 0. The Balaban J connectivity index is 0.00000385. The third-order valence-electron chi connectivity index (χ3n) is 5.36. The number of aliphatic hydroxyl groups is 1. The van der Waals surface area contributed by atoms with Crippen LogP contribution in [-0.2, 0) is 0 Å². The highest BCUT2D eigenvalue weighted by molar-refractivity contribution is 5.92. The summed E-state index contributed by atoms with van der Waals surface area (Å²) >= 11 is 0. The van der Waals surface area contributed by atoms with Gasteiger partial charge in [0, 0.05) is 13.1 Å². The topological polar surface area (TPSA) is 78.8 Å². The molecule has 1 unspecified atom stereocenters. The first-order valence-corrected chi connectivity index (χ1v) is 10.9. The lowest BCUT2D eigenvalue weighted by Gasteiger charge is -2.17. The highest BCUT2D eigenvalue weighted by atomic mass is 35.5. The Bertz CT molecular complexity index is 1020. The Morgan fingerprint density at radius 1 is 0.879 bits per heavy atom. The zero-order valence-electron chi connectivity index (χ0n) is 19.2. The second-order valence-electron chi connectivity index (χ2n) is 8.29. The first-order valence-electron chi connectivity index (χ1n) is 10.9. The van der Waals surface area contributed by atoms with Crippen LogP contribution in [0, 0.1) is 0 Å². The van der Waals surface area contributed by atoms with E-state index in [9.17, 15) is 15.0 Å². The van der Waals surface area contributed by atoms with Gasteiger partial charge in [-0.05, 0) is 54.2 Å². The maximum atomic E-state index is 11.5. The van der Waals surface area contributed by atoms with E-state index in [1.165, 1.54) is 5.56 Å². The normalized spacial score (nSPS) is 12.6. The zero-order chi connectivity index (χ0) is 23.1. The summed E-state index contributed by atoms with van der Waals surface area (Å²) in [5, 5.41) is 23.0. The van der Waals surface area contributed by atoms with Crippen molar-refractivity contribution in [3.8, 4) is 16.9 Å². The van der Waals surface area contributed by atoms with E-state index in [4.69, 9.17) is 4.74 Å². The molecule has 0 fully saturated rings. The molecule has 176 valence electrons. The van der Waals surface area contributed by atoms with Crippen LogP contribution in [0.5, 0.6) is 5.75 Å². The lowest BCUT2D eigenvalue weighted by Crippen LogP contribution is -2.25. The molecular formula is C27H32ClNO4. The number of aromatic carboxylic acids is 1. The van der Waals surface area contributed by atoms with Gasteiger partial charge in [-0.15, -0.1) is 12.4 Å². The van der Waals surface area contributed by atoms with E-state index in [2.05, 4.69) is 24.4 Å². The van der Waals surface area contributed by atoms with Crippen molar-refractivity contribution in [2.45, 2.75) is 38.9 Å². The molecule has 0 aliphatic carbocycles.